The minimum atomic E-state index is -1.18. The lowest BCUT2D eigenvalue weighted by molar-refractivity contribution is -0.145. The third-order valence-corrected chi connectivity index (χ3v) is 7.01. The first-order valence-electron chi connectivity index (χ1n) is 10.3. The highest BCUT2D eigenvalue weighted by Gasteiger charge is 2.48. The van der Waals surface area contributed by atoms with Crippen LogP contribution in [-0.2, 0) is 16.0 Å². The Bertz CT molecular complexity index is 949. The Hall–Kier alpha value is -2.34. The summed E-state index contributed by atoms with van der Waals surface area (Å²) in [5.74, 6) is 0.635. The third kappa shape index (κ3) is 2.82. The topological polar surface area (TPSA) is 82.6 Å². The molecule has 148 valence electrons. The summed E-state index contributed by atoms with van der Waals surface area (Å²) in [6, 6.07) is 6.22. The quantitative estimate of drug-likeness (QED) is 0.482. The smallest absolute Gasteiger partial charge is 0.322 e. The number of hydrogen-bond donors (Lipinski definition) is 2. The van der Waals surface area contributed by atoms with E-state index in [0.29, 0.717) is 17.7 Å². The fourth-order valence-electron chi connectivity index (χ4n) is 6.03. The van der Waals surface area contributed by atoms with Crippen LogP contribution < -0.4 is 4.74 Å². The molecule has 3 aliphatic heterocycles. The number of carbonyl (C=O) groups is 2. The maximum Gasteiger partial charge on any atom is 0.322 e. The number of rotatable bonds is 4. The highest BCUT2D eigenvalue weighted by Crippen LogP contribution is 2.51. The molecule has 0 radical (unpaired) electrons. The van der Waals surface area contributed by atoms with Crippen molar-refractivity contribution < 1.29 is 19.4 Å². The van der Waals surface area contributed by atoms with Crippen LogP contribution in [0.2, 0.25) is 0 Å². The van der Waals surface area contributed by atoms with Gasteiger partial charge in [0.25, 0.3) is 0 Å². The minimum Gasteiger partial charge on any atom is -0.481 e. The van der Waals surface area contributed by atoms with Crippen LogP contribution >= 0.6 is 0 Å². The summed E-state index contributed by atoms with van der Waals surface area (Å²) < 4.78 is 5.25. The van der Waals surface area contributed by atoms with E-state index < -0.39 is 18.4 Å². The monoisotopic (exact) mass is 382 g/mol. The molecule has 0 spiro atoms. The molecule has 2 saturated heterocycles. The summed E-state index contributed by atoms with van der Waals surface area (Å²) in [5.41, 5.74) is 3.80. The van der Waals surface area contributed by atoms with Crippen LogP contribution in [0.25, 0.3) is 10.9 Å². The van der Waals surface area contributed by atoms with Gasteiger partial charge in [0.1, 0.15) is 12.2 Å². The zero-order chi connectivity index (χ0) is 19.4. The van der Waals surface area contributed by atoms with Crippen molar-refractivity contribution >= 4 is 22.8 Å². The molecule has 2 aromatic rings. The van der Waals surface area contributed by atoms with E-state index in [1.54, 1.807) is 6.07 Å². The molecule has 2 N–H and O–H groups in total. The molecule has 1 saturated carbocycles. The molecule has 6 rings (SSSR count). The number of carboxylic acid groups (broad SMARTS) is 1. The van der Waals surface area contributed by atoms with Gasteiger partial charge in [0.05, 0.1) is 0 Å². The fraction of sp³-hybridized carbons (Fsp3) is 0.545. The van der Waals surface area contributed by atoms with Crippen molar-refractivity contribution in [3.05, 3.63) is 29.5 Å². The number of benzene rings is 1. The Labute approximate surface area is 163 Å². The average molecular weight is 382 g/mol. The van der Waals surface area contributed by atoms with Crippen LogP contribution in [0.3, 0.4) is 0 Å². The van der Waals surface area contributed by atoms with Crippen molar-refractivity contribution in [1.82, 2.24) is 9.88 Å². The summed E-state index contributed by atoms with van der Waals surface area (Å²) >= 11 is 0. The maximum atomic E-state index is 11.7. The fourth-order valence-corrected chi connectivity index (χ4v) is 6.03. The van der Waals surface area contributed by atoms with Gasteiger partial charge in [-0.05, 0) is 54.9 Å². The van der Waals surface area contributed by atoms with E-state index in [9.17, 15) is 9.59 Å². The number of piperidine rings is 2. The van der Waals surface area contributed by atoms with Gasteiger partial charge < -0.3 is 14.8 Å². The van der Waals surface area contributed by atoms with Gasteiger partial charge in [-0.3, -0.25) is 14.5 Å². The highest BCUT2D eigenvalue weighted by atomic mass is 16.5. The molecule has 28 heavy (non-hydrogen) atoms. The molecule has 0 amide bonds. The standard InChI is InChI=1S/C22H26N2O4/c1-2-13-7-12-8-17-21-15(5-6-24(11-12)22(13)17)16-9-14(3-4-18(16)23-21)28-20(27)10-19(25)26/h3-4,9,12-13,17,22-23H,2,5-8,10-11H2,1H3,(H,25,26). The Kier molecular flexibility index (Phi) is 4.19. The normalized spacial score (nSPS) is 30.7. The van der Waals surface area contributed by atoms with Gasteiger partial charge in [-0.2, -0.15) is 0 Å². The van der Waals surface area contributed by atoms with Gasteiger partial charge in [0, 0.05) is 41.6 Å². The van der Waals surface area contributed by atoms with Gasteiger partial charge in [-0.15, -0.1) is 0 Å². The summed E-state index contributed by atoms with van der Waals surface area (Å²) in [5, 5.41) is 9.86. The van der Waals surface area contributed by atoms with Crippen molar-refractivity contribution in [2.75, 3.05) is 13.1 Å². The number of nitrogens with one attached hydrogen (secondary N) is 1. The van der Waals surface area contributed by atoms with Gasteiger partial charge >= 0.3 is 11.9 Å². The molecule has 1 aliphatic carbocycles. The van der Waals surface area contributed by atoms with E-state index in [-0.39, 0.29) is 0 Å². The summed E-state index contributed by atoms with van der Waals surface area (Å²) in [6.45, 7) is 4.64. The first-order valence-corrected chi connectivity index (χ1v) is 10.3. The minimum absolute atomic E-state index is 0.418. The van der Waals surface area contributed by atoms with Crippen molar-refractivity contribution in [3.63, 3.8) is 0 Å². The van der Waals surface area contributed by atoms with E-state index in [4.69, 9.17) is 9.84 Å². The van der Waals surface area contributed by atoms with Gasteiger partial charge in [-0.25, -0.2) is 0 Å². The van der Waals surface area contributed by atoms with Crippen molar-refractivity contribution in [3.8, 4) is 5.75 Å². The highest BCUT2D eigenvalue weighted by molar-refractivity contribution is 5.92. The van der Waals surface area contributed by atoms with E-state index in [0.717, 1.165) is 35.7 Å². The van der Waals surface area contributed by atoms with Crippen molar-refractivity contribution in [2.24, 2.45) is 11.8 Å². The number of fused-ring (bicyclic) bond motifs is 4. The van der Waals surface area contributed by atoms with Gasteiger partial charge in [0.2, 0.25) is 0 Å². The second kappa shape index (κ2) is 6.62. The van der Waals surface area contributed by atoms with E-state index in [1.807, 2.05) is 12.1 Å². The van der Waals surface area contributed by atoms with E-state index in [2.05, 4.69) is 16.8 Å². The van der Waals surface area contributed by atoms with Gasteiger partial charge in [0.15, 0.2) is 0 Å². The number of carbonyl (C=O) groups excluding carboxylic acids is 1. The molecule has 4 bridgehead atoms. The molecule has 4 aliphatic rings. The number of aromatic amines is 1. The molecule has 5 atom stereocenters. The first kappa shape index (κ1) is 17.7. The molecular weight excluding hydrogens is 356 g/mol. The molecular formula is C22H26N2O4. The zero-order valence-electron chi connectivity index (χ0n) is 16.1. The number of hydrogen-bond acceptors (Lipinski definition) is 4. The van der Waals surface area contributed by atoms with E-state index >= 15 is 0 Å². The Morgan fingerprint density at radius 2 is 2.18 bits per heavy atom. The van der Waals surface area contributed by atoms with Crippen LogP contribution in [0.4, 0.5) is 0 Å². The molecule has 6 heteroatoms. The predicted octanol–water partition coefficient (Wildman–Crippen LogP) is 3.31. The Morgan fingerprint density at radius 1 is 1.32 bits per heavy atom. The SMILES string of the molecule is CCC1CC2CC3c4[nH]c5ccc(OC(=O)CC(=O)O)cc5c4CCN(C2)C13. The lowest BCUT2D eigenvalue weighted by Crippen LogP contribution is -2.56. The molecule has 3 fully saturated rings. The number of aliphatic carboxylic acids is 1. The molecule has 6 nitrogen and oxygen atoms in total. The van der Waals surface area contributed by atoms with Crippen LogP contribution in [-0.4, -0.2) is 46.1 Å². The Balaban J connectivity index is 1.51. The number of aromatic nitrogens is 1. The van der Waals surface area contributed by atoms with Crippen LogP contribution in [0, 0.1) is 11.8 Å². The number of H-pyrrole nitrogens is 1. The third-order valence-electron chi connectivity index (χ3n) is 7.01. The lowest BCUT2D eigenvalue weighted by Gasteiger charge is -2.53. The first-order chi connectivity index (χ1) is 13.5. The second-order valence-corrected chi connectivity index (χ2v) is 8.62. The predicted molar refractivity (Wildman–Crippen MR) is 104 cm³/mol. The second-order valence-electron chi connectivity index (χ2n) is 8.62. The summed E-state index contributed by atoms with van der Waals surface area (Å²) in [4.78, 5) is 28.8. The van der Waals surface area contributed by atoms with Crippen LogP contribution in [0.15, 0.2) is 18.2 Å². The largest absolute Gasteiger partial charge is 0.481 e. The lowest BCUT2D eigenvalue weighted by atomic mass is 9.65. The zero-order valence-corrected chi connectivity index (χ0v) is 16.1. The van der Waals surface area contributed by atoms with Gasteiger partial charge in [-0.1, -0.05) is 13.3 Å². The Morgan fingerprint density at radius 3 is 2.96 bits per heavy atom. The molecule has 5 unspecified atom stereocenters. The van der Waals surface area contributed by atoms with E-state index in [1.165, 1.54) is 37.1 Å². The van der Waals surface area contributed by atoms with Crippen molar-refractivity contribution in [2.45, 2.75) is 51.0 Å². The number of nitrogens with zero attached hydrogens (tertiary/aromatic N) is 1. The molecule has 1 aromatic heterocycles. The maximum absolute atomic E-state index is 11.7. The molecule has 1 aromatic carbocycles. The summed E-state index contributed by atoms with van der Waals surface area (Å²) in [7, 11) is 0. The summed E-state index contributed by atoms with van der Waals surface area (Å²) in [6.07, 6.45) is 4.25. The average Bonchev–Trinajstić information content (AvgIpc) is 2.98. The van der Waals surface area contributed by atoms with Crippen molar-refractivity contribution in [1.29, 1.82) is 0 Å². The molecule has 4 heterocycles. The number of ether oxygens (including phenoxy) is 1. The van der Waals surface area contributed by atoms with Crippen LogP contribution in [0.5, 0.6) is 5.75 Å². The number of carboxylic acids is 1. The van der Waals surface area contributed by atoms with Crippen LogP contribution in [0.1, 0.15) is 49.8 Å². The number of esters is 1.